The first-order chi connectivity index (χ1) is 8.20. The molecule has 17 heavy (non-hydrogen) atoms. The van der Waals surface area contributed by atoms with Gasteiger partial charge in [0.1, 0.15) is 5.75 Å². The maximum absolute atomic E-state index is 10.1. The number of benzene rings is 1. The summed E-state index contributed by atoms with van der Waals surface area (Å²) in [6.07, 6.45) is 0.118. The Morgan fingerprint density at radius 3 is 2.88 bits per heavy atom. The molecular weight excluding hydrogens is 300 g/mol. The van der Waals surface area contributed by atoms with E-state index in [1.807, 2.05) is 35.7 Å². The van der Waals surface area contributed by atoms with Gasteiger partial charge in [-0.05, 0) is 45.1 Å². The molecule has 0 radical (unpaired) electrons. The van der Waals surface area contributed by atoms with Crippen LogP contribution in [-0.2, 0) is 6.42 Å². The summed E-state index contributed by atoms with van der Waals surface area (Å²) in [4.78, 5) is 0.966. The molecule has 0 amide bonds. The zero-order valence-corrected chi connectivity index (χ0v) is 11.8. The predicted molar refractivity (Wildman–Crippen MR) is 73.7 cm³/mol. The molecule has 0 aliphatic rings. The Labute approximate surface area is 113 Å². The highest BCUT2D eigenvalue weighted by atomic mass is 79.9. The van der Waals surface area contributed by atoms with Crippen molar-refractivity contribution in [3.8, 4) is 5.75 Å². The van der Waals surface area contributed by atoms with Crippen molar-refractivity contribution in [2.45, 2.75) is 12.5 Å². The van der Waals surface area contributed by atoms with Crippen LogP contribution >= 0.6 is 27.3 Å². The zero-order valence-electron chi connectivity index (χ0n) is 9.39. The van der Waals surface area contributed by atoms with E-state index < -0.39 is 6.10 Å². The Balaban J connectivity index is 2.13. The van der Waals surface area contributed by atoms with Gasteiger partial charge >= 0.3 is 0 Å². The third-order valence-corrected chi connectivity index (χ3v) is 4.48. The van der Waals surface area contributed by atoms with E-state index in [4.69, 9.17) is 4.74 Å². The molecule has 0 saturated heterocycles. The van der Waals surface area contributed by atoms with Crippen molar-refractivity contribution in [3.63, 3.8) is 0 Å². The first kappa shape index (κ1) is 12.6. The Kier molecular flexibility index (Phi) is 4.20. The lowest BCUT2D eigenvalue weighted by molar-refractivity contribution is 0.181. The van der Waals surface area contributed by atoms with Gasteiger partial charge in [-0.15, -0.1) is 11.3 Å². The molecule has 0 aliphatic heterocycles. The average molecular weight is 313 g/mol. The third-order valence-electron chi connectivity index (χ3n) is 2.51. The summed E-state index contributed by atoms with van der Waals surface area (Å²) >= 11 is 4.99. The lowest BCUT2D eigenvalue weighted by Gasteiger charge is -2.10. The topological polar surface area (TPSA) is 29.5 Å². The van der Waals surface area contributed by atoms with Crippen LogP contribution in [0.25, 0.3) is 0 Å². The molecule has 1 atom stereocenters. The van der Waals surface area contributed by atoms with Gasteiger partial charge in [-0.2, -0.15) is 0 Å². The van der Waals surface area contributed by atoms with Crippen molar-refractivity contribution in [1.29, 1.82) is 0 Å². The fraction of sp³-hybridized carbons (Fsp3) is 0.231. The fourth-order valence-corrected chi connectivity index (χ4v) is 3.28. The molecule has 1 aromatic carbocycles. The molecule has 2 aromatic rings. The molecule has 4 heteroatoms. The molecule has 0 bridgehead atoms. The van der Waals surface area contributed by atoms with Gasteiger partial charge < -0.3 is 9.84 Å². The minimum absolute atomic E-state index is 0.475. The van der Waals surface area contributed by atoms with Crippen LogP contribution in [0.5, 0.6) is 5.75 Å². The van der Waals surface area contributed by atoms with E-state index in [1.54, 1.807) is 18.4 Å². The van der Waals surface area contributed by atoms with Crippen LogP contribution in [0, 0.1) is 0 Å². The second-order valence-corrected chi connectivity index (χ2v) is 5.51. The number of halogens is 1. The number of aliphatic hydroxyl groups excluding tert-OH is 1. The molecule has 1 N–H and O–H groups in total. The molecular formula is C13H13BrO2S. The molecule has 2 nitrogen and oxygen atoms in total. The first-order valence-corrected chi connectivity index (χ1v) is 6.92. The Hall–Kier alpha value is -0.840. The van der Waals surface area contributed by atoms with Gasteiger partial charge in [0.25, 0.3) is 0 Å². The summed E-state index contributed by atoms with van der Waals surface area (Å²) in [6.45, 7) is 0. The second kappa shape index (κ2) is 5.67. The number of hydrogen-bond donors (Lipinski definition) is 1. The number of aliphatic hydroxyl groups is 1. The summed E-state index contributed by atoms with van der Waals surface area (Å²) in [5.74, 6) is 0.819. The zero-order chi connectivity index (χ0) is 12.3. The molecule has 0 fully saturated rings. The van der Waals surface area contributed by atoms with E-state index in [1.165, 1.54) is 0 Å². The lowest BCUT2D eigenvalue weighted by Crippen LogP contribution is -2.00. The van der Waals surface area contributed by atoms with Crippen LogP contribution in [0.4, 0.5) is 0 Å². The van der Waals surface area contributed by atoms with E-state index in [-0.39, 0.29) is 0 Å². The number of ether oxygens (including phenoxy) is 1. The van der Waals surface area contributed by atoms with Crippen molar-refractivity contribution >= 4 is 27.3 Å². The molecule has 1 heterocycles. The molecule has 0 spiro atoms. The lowest BCUT2D eigenvalue weighted by atomic mass is 10.1. The number of rotatable bonds is 4. The minimum atomic E-state index is -0.475. The van der Waals surface area contributed by atoms with Crippen molar-refractivity contribution in [1.82, 2.24) is 0 Å². The predicted octanol–water partition coefficient (Wildman–Crippen LogP) is 3.80. The summed E-state index contributed by atoms with van der Waals surface area (Å²) in [5.41, 5.74) is 1.07. The van der Waals surface area contributed by atoms with E-state index >= 15 is 0 Å². The average Bonchev–Trinajstić information content (AvgIpc) is 2.76. The highest BCUT2D eigenvalue weighted by Gasteiger charge is 2.13. The molecule has 1 aromatic heterocycles. The second-order valence-electron chi connectivity index (χ2n) is 3.70. The van der Waals surface area contributed by atoms with Crippen molar-refractivity contribution in [2.75, 3.05) is 7.11 Å². The SMILES string of the molecule is COc1cccc(CC(O)c2sccc2Br)c1. The fourth-order valence-electron chi connectivity index (χ4n) is 1.66. The summed E-state index contributed by atoms with van der Waals surface area (Å²) in [6, 6.07) is 9.73. The van der Waals surface area contributed by atoms with Crippen LogP contribution in [-0.4, -0.2) is 12.2 Å². The Morgan fingerprint density at radius 1 is 1.41 bits per heavy atom. The number of hydrogen-bond acceptors (Lipinski definition) is 3. The maximum atomic E-state index is 10.1. The highest BCUT2D eigenvalue weighted by Crippen LogP contribution is 2.31. The van der Waals surface area contributed by atoms with Crippen LogP contribution < -0.4 is 4.74 Å². The van der Waals surface area contributed by atoms with E-state index in [0.717, 1.165) is 20.7 Å². The smallest absolute Gasteiger partial charge is 0.119 e. The van der Waals surface area contributed by atoms with Gasteiger partial charge in [0.05, 0.1) is 13.2 Å². The quantitative estimate of drug-likeness (QED) is 0.930. The van der Waals surface area contributed by atoms with Crippen LogP contribution in [0.3, 0.4) is 0 Å². The van der Waals surface area contributed by atoms with Gasteiger partial charge in [-0.3, -0.25) is 0 Å². The van der Waals surface area contributed by atoms with Gasteiger partial charge in [-0.1, -0.05) is 12.1 Å². The van der Waals surface area contributed by atoms with Crippen LogP contribution in [0.15, 0.2) is 40.2 Å². The molecule has 0 aliphatic carbocycles. The van der Waals surface area contributed by atoms with Gasteiger partial charge in [0.2, 0.25) is 0 Å². The van der Waals surface area contributed by atoms with Crippen molar-refractivity contribution < 1.29 is 9.84 Å². The van der Waals surface area contributed by atoms with E-state index in [0.29, 0.717) is 6.42 Å². The number of methoxy groups -OCH3 is 1. The molecule has 1 unspecified atom stereocenters. The summed E-state index contributed by atoms with van der Waals surface area (Å²) < 4.78 is 6.13. The van der Waals surface area contributed by atoms with E-state index in [2.05, 4.69) is 15.9 Å². The summed E-state index contributed by atoms with van der Waals surface area (Å²) in [7, 11) is 1.64. The minimum Gasteiger partial charge on any atom is -0.497 e. The van der Waals surface area contributed by atoms with Crippen LogP contribution in [0.1, 0.15) is 16.5 Å². The number of thiophene rings is 1. The molecule has 2 rings (SSSR count). The van der Waals surface area contributed by atoms with Gasteiger partial charge in [-0.25, -0.2) is 0 Å². The van der Waals surface area contributed by atoms with Gasteiger partial charge in [0.15, 0.2) is 0 Å². The third kappa shape index (κ3) is 3.09. The molecule has 0 saturated carbocycles. The van der Waals surface area contributed by atoms with Crippen LogP contribution in [0.2, 0.25) is 0 Å². The Bertz CT molecular complexity index is 496. The monoisotopic (exact) mass is 312 g/mol. The standard InChI is InChI=1S/C13H13BrO2S/c1-16-10-4-2-3-9(7-10)8-12(15)13-11(14)5-6-17-13/h2-7,12,15H,8H2,1H3. The highest BCUT2D eigenvalue weighted by molar-refractivity contribution is 9.10. The summed E-state index contributed by atoms with van der Waals surface area (Å²) in [5, 5.41) is 12.1. The normalized spacial score (nSPS) is 12.4. The largest absolute Gasteiger partial charge is 0.497 e. The Morgan fingerprint density at radius 2 is 2.24 bits per heavy atom. The first-order valence-electron chi connectivity index (χ1n) is 5.24. The van der Waals surface area contributed by atoms with Gasteiger partial charge in [0, 0.05) is 15.8 Å². The van der Waals surface area contributed by atoms with Crippen molar-refractivity contribution in [3.05, 3.63) is 50.6 Å². The van der Waals surface area contributed by atoms with Crippen molar-refractivity contribution in [2.24, 2.45) is 0 Å². The maximum Gasteiger partial charge on any atom is 0.119 e. The van der Waals surface area contributed by atoms with E-state index in [9.17, 15) is 5.11 Å². The molecule has 90 valence electrons.